The van der Waals surface area contributed by atoms with Crippen molar-refractivity contribution in [1.29, 1.82) is 0 Å². The Hall–Kier alpha value is -6.84. The number of nitrogens with zero attached hydrogens (tertiary/aromatic N) is 1. The van der Waals surface area contributed by atoms with E-state index in [0.29, 0.717) is 0 Å². The Kier molecular flexibility index (Phi) is 6.81. The van der Waals surface area contributed by atoms with Crippen LogP contribution in [0, 0.1) is 0 Å². The Morgan fingerprint density at radius 3 is 1.39 bits per heavy atom. The first-order chi connectivity index (χ1) is 25.2. The smallest absolute Gasteiger partial charge is 0.136 e. The standard InChI is InChI=1S/C48H31NO2/c1-3-9-32(10-4-1)34-15-21-38(22-16-34)49(39-23-17-35(18-24-39)37-19-26-42-41-13-7-8-14-45(41)51-48(42)30-37)40-25-28-47-44(31-40)43-29-36(20-27-46(43)50-47)33-11-5-2-6-12-33/h1-31H. The maximum absolute atomic E-state index is 6.34. The minimum Gasteiger partial charge on any atom is -0.456 e. The number of hydrogen-bond donors (Lipinski definition) is 0. The summed E-state index contributed by atoms with van der Waals surface area (Å²) in [6.07, 6.45) is 0. The summed E-state index contributed by atoms with van der Waals surface area (Å²) in [5.41, 5.74) is 13.7. The van der Waals surface area contributed by atoms with Crippen LogP contribution in [0.4, 0.5) is 17.1 Å². The molecule has 2 aromatic heterocycles. The van der Waals surface area contributed by atoms with Crippen molar-refractivity contribution in [3.05, 3.63) is 188 Å². The predicted octanol–water partition coefficient (Wildman–Crippen LogP) is 14.0. The molecule has 0 fully saturated rings. The van der Waals surface area contributed by atoms with Crippen molar-refractivity contribution >= 4 is 60.9 Å². The van der Waals surface area contributed by atoms with E-state index in [-0.39, 0.29) is 0 Å². The second-order valence-electron chi connectivity index (χ2n) is 13.0. The number of para-hydroxylation sites is 1. The van der Waals surface area contributed by atoms with Crippen molar-refractivity contribution in [2.24, 2.45) is 0 Å². The van der Waals surface area contributed by atoms with Crippen molar-refractivity contribution < 1.29 is 8.83 Å². The number of benzene rings is 8. The van der Waals surface area contributed by atoms with Crippen LogP contribution in [0.15, 0.2) is 197 Å². The fourth-order valence-electron chi connectivity index (χ4n) is 7.30. The summed E-state index contributed by atoms with van der Waals surface area (Å²) in [6, 6.07) is 66.3. The van der Waals surface area contributed by atoms with Crippen LogP contribution in [0.25, 0.3) is 77.3 Å². The molecule has 0 saturated carbocycles. The van der Waals surface area contributed by atoms with E-state index in [4.69, 9.17) is 8.83 Å². The summed E-state index contributed by atoms with van der Waals surface area (Å²) in [7, 11) is 0. The van der Waals surface area contributed by atoms with Gasteiger partial charge in [-0.2, -0.15) is 0 Å². The lowest BCUT2D eigenvalue weighted by Gasteiger charge is -2.26. The third-order valence-electron chi connectivity index (χ3n) is 9.89. The summed E-state index contributed by atoms with van der Waals surface area (Å²) in [5.74, 6) is 0. The molecule has 0 saturated heterocycles. The second-order valence-corrected chi connectivity index (χ2v) is 13.0. The Balaban J connectivity index is 1.08. The van der Waals surface area contributed by atoms with Crippen molar-refractivity contribution in [2.45, 2.75) is 0 Å². The summed E-state index contributed by atoms with van der Waals surface area (Å²) in [4.78, 5) is 2.32. The second kappa shape index (κ2) is 11.9. The summed E-state index contributed by atoms with van der Waals surface area (Å²) >= 11 is 0. The Bertz CT molecular complexity index is 2830. The van der Waals surface area contributed by atoms with Crippen LogP contribution >= 0.6 is 0 Å². The number of anilines is 3. The summed E-state index contributed by atoms with van der Waals surface area (Å²) in [5, 5.41) is 4.46. The largest absolute Gasteiger partial charge is 0.456 e. The number of rotatable bonds is 6. The van der Waals surface area contributed by atoms with Gasteiger partial charge in [0.05, 0.1) is 0 Å². The first-order valence-electron chi connectivity index (χ1n) is 17.2. The highest BCUT2D eigenvalue weighted by molar-refractivity contribution is 6.08. The van der Waals surface area contributed by atoms with Crippen LogP contribution < -0.4 is 4.90 Å². The SMILES string of the molecule is c1ccc(-c2ccc(N(c3ccc(-c4ccc5c(c4)oc4ccccc45)cc3)c3ccc4oc5ccc(-c6ccccc6)cc5c4c3)cc2)cc1. The van der Waals surface area contributed by atoms with Gasteiger partial charge in [-0.25, -0.2) is 0 Å². The van der Waals surface area contributed by atoms with Gasteiger partial charge in [0.15, 0.2) is 0 Å². The van der Waals surface area contributed by atoms with Crippen LogP contribution in [0.2, 0.25) is 0 Å². The summed E-state index contributed by atoms with van der Waals surface area (Å²) in [6.45, 7) is 0. The molecule has 0 amide bonds. The number of furan rings is 2. The molecule has 8 aromatic carbocycles. The molecule has 0 unspecified atom stereocenters. The summed E-state index contributed by atoms with van der Waals surface area (Å²) < 4.78 is 12.6. The topological polar surface area (TPSA) is 29.5 Å². The molecule has 51 heavy (non-hydrogen) atoms. The van der Waals surface area contributed by atoms with E-state index >= 15 is 0 Å². The third-order valence-corrected chi connectivity index (χ3v) is 9.89. The highest BCUT2D eigenvalue weighted by Gasteiger charge is 2.17. The average molecular weight is 654 g/mol. The molecule has 10 rings (SSSR count). The lowest BCUT2D eigenvalue weighted by molar-refractivity contribution is 0.668. The van der Waals surface area contributed by atoms with Crippen LogP contribution in [-0.4, -0.2) is 0 Å². The normalized spacial score (nSPS) is 11.5. The molecule has 0 N–H and O–H groups in total. The van der Waals surface area contributed by atoms with Crippen molar-refractivity contribution in [1.82, 2.24) is 0 Å². The zero-order valence-corrected chi connectivity index (χ0v) is 27.7. The molecule has 2 heterocycles. The predicted molar refractivity (Wildman–Crippen MR) is 212 cm³/mol. The van der Waals surface area contributed by atoms with Crippen molar-refractivity contribution in [3.8, 4) is 33.4 Å². The molecular formula is C48H31NO2. The fraction of sp³-hybridized carbons (Fsp3) is 0. The van der Waals surface area contributed by atoms with E-state index in [1.165, 1.54) is 22.3 Å². The highest BCUT2D eigenvalue weighted by atomic mass is 16.3. The molecule has 3 heteroatoms. The molecule has 0 aliphatic carbocycles. The monoisotopic (exact) mass is 653 g/mol. The van der Waals surface area contributed by atoms with Gasteiger partial charge in [0.2, 0.25) is 0 Å². The van der Waals surface area contributed by atoms with Crippen molar-refractivity contribution in [3.63, 3.8) is 0 Å². The van der Waals surface area contributed by atoms with E-state index in [1.54, 1.807) is 0 Å². The van der Waals surface area contributed by atoms with Crippen LogP contribution in [0.3, 0.4) is 0 Å². The maximum atomic E-state index is 6.34. The number of hydrogen-bond acceptors (Lipinski definition) is 3. The van der Waals surface area contributed by atoms with Gasteiger partial charge in [-0.15, -0.1) is 0 Å². The van der Waals surface area contributed by atoms with Crippen LogP contribution in [0.5, 0.6) is 0 Å². The van der Waals surface area contributed by atoms with Crippen LogP contribution in [-0.2, 0) is 0 Å². The molecule has 0 aliphatic heterocycles. The molecule has 10 aromatic rings. The van der Waals surface area contributed by atoms with E-state index in [0.717, 1.165) is 72.1 Å². The minimum absolute atomic E-state index is 0.870. The van der Waals surface area contributed by atoms with Gasteiger partial charge in [-0.3, -0.25) is 0 Å². The molecule has 0 spiro atoms. The van der Waals surface area contributed by atoms with Gasteiger partial charge < -0.3 is 13.7 Å². The lowest BCUT2D eigenvalue weighted by Crippen LogP contribution is -2.09. The Morgan fingerprint density at radius 1 is 0.255 bits per heavy atom. The third kappa shape index (κ3) is 5.15. The molecule has 3 nitrogen and oxygen atoms in total. The zero-order chi connectivity index (χ0) is 33.7. The fourth-order valence-corrected chi connectivity index (χ4v) is 7.30. The first kappa shape index (κ1) is 29.1. The Morgan fingerprint density at radius 2 is 0.686 bits per heavy atom. The quantitative estimate of drug-likeness (QED) is 0.179. The highest BCUT2D eigenvalue weighted by Crippen LogP contribution is 2.41. The molecule has 240 valence electrons. The van der Waals surface area contributed by atoms with Crippen LogP contribution in [0.1, 0.15) is 0 Å². The average Bonchev–Trinajstić information content (AvgIpc) is 3.76. The van der Waals surface area contributed by atoms with Gasteiger partial charge >= 0.3 is 0 Å². The zero-order valence-electron chi connectivity index (χ0n) is 27.7. The van der Waals surface area contributed by atoms with Gasteiger partial charge in [-0.05, 0) is 106 Å². The van der Waals surface area contributed by atoms with Crippen molar-refractivity contribution in [2.75, 3.05) is 4.90 Å². The van der Waals surface area contributed by atoms with Gasteiger partial charge in [0.25, 0.3) is 0 Å². The first-order valence-corrected chi connectivity index (χ1v) is 17.2. The molecular weight excluding hydrogens is 623 g/mol. The minimum atomic E-state index is 0.870. The maximum Gasteiger partial charge on any atom is 0.136 e. The molecule has 0 aliphatic rings. The van der Waals surface area contributed by atoms with Gasteiger partial charge in [-0.1, -0.05) is 115 Å². The lowest BCUT2D eigenvalue weighted by atomic mass is 10.0. The molecule has 0 bridgehead atoms. The molecule has 0 radical (unpaired) electrons. The van der Waals surface area contributed by atoms with E-state index in [9.17, 15) is 0 Å². The van der Waals surface area contributed by atoms with E-state index in [2.05, 4.69) is 175 Å². The number of fused-ring (bicyclic) bond motifs is 6. The Labute approximate surface area is 295 Å². The van der Waals surface area contributed by atoms with E-state index in [1.807, 2.05) is 18.2 Å². The van der Waals surface area contributed by atoms with E-state index < -0.39 is 0 Å². The van der Waals surface area contributed by atoms with Gasteiger partial charge in [0.1, 0.15) is 22.3 Å². The molecule has 0 atom stereocenters. The van der Waals surface area contributed by atoms with Gasteiger partial charge in [0, 0.05) is 38.6 Å².